The first kappa shape index (κ1) is 14.1. The summed E-state index contributed by atoms with van der Waals surface area (Å²) in [6, 6.07) is 12.5. The third kappa shape index (κ3) is 5.05. The van der Waals surface area contributed by atoms with Gasteiger partial charge in [0.1, 0.15) is 12.4 Å². The summed E-state index contributed by atoms with van der Waals surface area (Å²) in [6.07, 6.45) is 0. The maximum Gasteiger partial charge on any atom is 0.122 e. The first-order valence-corrected chi connectivity index (χ1v) is 7.57. The summed E-state index contributed by atoms with van der Waals surface area (Å²) in [4.78, 5) is 1.25. The van der Waals surface area contributed by atoms with E-state index in [4.69, 9.17) is 4.74 Å². The molecule has 0 aliphatic rings. The number of thiophene rings is 1. The van der Waals surface area contributed by atoms with Crippen molar-refractivity contribution in [1.82, 2.24) is 5.32 Å². The topological polar surface area (TPSA) is 21.3 Å². The molecule has 2 rings (SSSR count). The van der Waals surface area contributed by atoms with Gasteiger partial charge in [-0.3, -0.25) is 0 Å². The van der Waals surface area contributed by atoms with Crippen LogP contribution in [0.2, 0.25) is 0 Å². The van der Waals surface area contributed by atoms with Crippen molar-refractivity contribution in [2.24, 2.45) is 5.92 Å². The van der Waals surface area contributed by atoms with E-state index >= 15 is 0 Å². The maximum absolute atomic E-state index is 5.80. The number of ether oxygens (including phenoxy) is 1. The minimum absolute atomic E-state index is 0.653. The van der Waals surface area contributed by atoms with E-state index < -0.39 is 0 Å². The molecule has 0 atom stereocenters. The molecule has 1 aromatic heterocycles. The lowest BCUT2D eigenvalue weighted by atomic mass is 10.2. The second-order valence-electron chi connectivity index (χ2n) is 5.04. The Kier molecular flexibility index (Phi) is 5.43. The number of rotatable bonds is 7. The second-order valence-corrected chi connectivity index (χ2v) is 6.07. The van der Waals surface area contributed by atoms with E-state index in [2.05, 4.69) is 54.9 Å². The molecule has 1 heterocycles. The average molecular weight is 275 g/mol. The van der Waals surface area contributed by atoms with Gasteiger partial charge in [0.25, 0.3) is 0 Å². The molecule has 0 aliphatic heterocycles. The fourth-order valence-electron chi connectivity index (χ4n) is 1.80. The molecule has 0 amide bonds. The third-order valence-corrected chi connectivity index (χ3v) is 3.59. The highest BCUT2D eigenvalue weighted by atomic mass is 32.1. The first-order chi connectivity index (χ1) is 9.24. The lowest BCUT2D eigenvalue weighted by Crippen LogP contribution is -2.18. The van der Waals surface area contributed by atoms with Gasteiger partial charge in [-0.1, -0.05) is 32.0 Å². The predicted molar refractivity (Wildman–Crippen MR) is 81.6 cm³/mol. The van der Waals surface area contributed by atoms with Gasteiger partial charge >= 0.3 is 0 Å². The van der Waals surface area contributed by atoms with E-state index in [0.29, 0.717) is 12.5 Å². The minimum Gasteiger partial charge on any atom is -0.488 e. The first-order valence-electron chi connectivity index (χ1n) is 6.69. The number of hydrogen-bond acceptors (Lipinski definition) is 3. The van der Waals surface area contributed by atoms with Gasteiger partial charge in [-0.15, -0.1) is 11.3 Å². The largest absolute Gasteiger partial charge is 0.488 e. The Balaban J connectivity index is 1.84. The van der Waals surface area contributed by atoms with Crippen molar-refractivity contribution >= 4 is 11.3 Å². The molecule has 0 saturated heterocycles. The zero-order valence-electron chi connectivity index (χ0n) is 11.6. The van der Waals surface area contributed by atoms with E-state index in [-0.39, 0.29) is 0 Å². The maximum atomic E-state index is 5.80. The highest BCUT2D eigenvalue weighted by molar-refractivity contribution is 7.09. The monoisotopic (exact) mass is 275 g/mol. The molecule has 0 bridgehead atoms. The van der Waals surface area contributed by atoms with Gasteiger partial charge in [-0.05, 0) is 41.6 Å². The average Bonchev–Trinajstić information content (AvgIpc) is 2.89. The van der Waals surface area contributed by atoms with Crippen LogP contribution in [0.1, 0.15) is 24.3 Å². The SMILES string of the molecule is CC(C)CNCc1cccc(OCc2cccs2)c1. The molecule has 0 saturated carbocycles. The summed E-state index contributed by atoms with van der Waals surface area (Å²) in [7, 11) is 0. The molecule has 2 nitrogen and oxygen atoms in total. The van der Waals surface area contributed by atoms with Crippen LogP contribution < -0.4 is 10.1 Å². The van der Waals surface area contributed by atoms with Gasteiger partial charge in [0.15, 0.2) is 0 Å². The predicted octanol–water partition coefficient (Wildman–Crippen LogP) is 4.07. The molecule has 19 heavy (non-hydrogen) atoms. The fourth-order valence-corrected chi connectivity index (χ4v) is 2.42. The van der Waals surface area contributed by atoms with E-state index in [1.807, 2.05) is 6.07 Å². The van der Waals surface area contributed by atoms with Crippen molar-refractivity contribution < 1.29 is 4.74 Å². The number of benzene rings is 1. The smallest absolute Gasteiger partial charge is 0.122 e. The summed E-state index contributed by atoms with van der Waals surface area (Å²) in [6.45, 7) is 7.02. The Morgan fingerprint density at radius 3 is 2.84 bits per heavy atom. The number of hydrogen-bond donors (Lipinski definition) is 1. The molecule has 0 radical (unpaired) electrons. The lowest BCUT2D eigenvalue weighted by molar-refractivity contribution is 0.309. The summed E-state index contributed by atoms with van der Waals surface area (Å²) in [5, 5.41) is 5.52. The van der Waals surface area contributed by atoms with Crippen LogP contribution in [0.4, 0.5) is 0 Å². The quantitative estimate of drug-likeness (QED) is 0.822. The van der Waals surface area contributed by atoms with Crippen LogP contribution in [-0.2, 0) is 13.2 Å². The Morgan fingerprint density at radius 1 is 1.21 bits per heavy atom. The highest BCUT2D eigenvalue weighted by Gasteiger charge is 1.99. The van der Waals surface area contributed by atoms with Crippen molar-refractivity contribution in [1.29, 1.82) is 0 Å². The van der Waals surface area contributed by atoms with E-state index in [1.54, 1.807) is 11.3 Å². The zero-order chi connectivity index (χ0) is 13.5. The fraction of sp³-hybridized carbons (Fsp3) is 0.375. The third-order valence-electron chi connectivity index (χ3n) is 2.74. The van der Waals surface area contributed by atoms with Gasteiger partial charge < -0.3 is 10.1 Å². The van der Waals surface area contributed by atoms with Crippen LogP contribution >= 0.6 is 11.3 Å². The molecular formula is C16H21NOS. The Bertz CT molecular complexity index is 479. The molecule has 102 valence electrons. The van der Waals surface area contributed by atoms with Crippen molar-refractivity contribution in [3.63, 3.8) is 0 Å². The molecule has 1 N–H and O–H groups in total. The summed E-state index contributed by atoms with van der Waals surface area (Å²) >= 11 is 1.73. The Hall–Kier alpha value is -1.32. The van der Waals surface area contributed by atoms with Crippen LogP contribution in [0.5, 0.6) is 5.75 Å². The Morgan fingerprint density at radius 2 is 2.11 bits per heavy atom. The van der Waals surface area contributed by atoms with Crippen molar-refractivity contribution in [3.8, 4) is 5.75 Å². The van der Waals surface area contributed by atoms with Crippen molar-refractivity contribution in [2.75, 3.05) is 6.54 Å². The van der Waals surface area contributed by atoms with Gasteiger partial charge in [-0.2, -0.15) is 0 Å². The summed E-state index contributed by atoms with van der Waals surface area (Å²) in [5.41, 5.74) is 1.27. The van der Waals surface area contributed by atoms with Gasteiger partial charge in [0.05, 0.1) is 0 Å². The molecule has 2 aromatic rings. The Labute approximate surface area is 119 Å². The molecule has 1 aromatic carbocycles. The van der Waals surface area contributed by atoms with E-state index in [0.717, 1.165) is 18.8 Å². The van der Waals surface area contributed by atoms with E-state index in [1.165, 1.54) is 10.4 Å². The summed E-state index contributed by atoms with van der Waals surface area (Å²) in [5.74, 6) is 1.62. The van der Waals surface area contributed by atoms with Crippen molar-refractivity contribution in [2.45, 2.75) is 27.0 Å². The van der Waals surface area contributed by atoms with Crippen LogP contribution in [0.3, 0.4) is 0 Å². The molecule has 0 unspecified atom stereocenters. The van der Waals surface area contributed by atoms with Crippen LogP contribution in [0.25, 0.3) is 0 Å². The molecule has 0 fully saturated rings. The molecule has 3 heteroatoms. The van der Waals surface area contributed by atoms with E-state index in [9.17, 15) is 0 Å². The van der Waals surface area contributed by atoms with Gasteiger partial charge in [0, 0.05) is 11.4 Å². The minimum atomic E-state index is 0.653. The molecule has 0 aliphatic carbocycles. The van der Waals surface area contributed by atoms with Gasteiger partial charge in [0.2, 0.25) is 0 Å². The van der Waals surface area contributed by atoms with Crippen molar-refractivity contribution in [3.05, 3.63) is 52.2 Å². The van der Waals surface area contributed by atoms with Crippen LogP contribution in [0.15, 0.2) is 41.8 Å². The molecule has 0 spiro atoms. The van der Waals surface area contributed by atoms with Crippen LogP contribution in [0, 0.1) is 5.92 Å². The highest BCUT2D eigenvalue weighted by Crippen LogP contribution is 2.17. The standard InChI is InChI=1S/C16H21NOS/c1-13(2)10-17-11-14-5-3-6-15(9-14)18-12-16-7-4-8-19-16/h3-9,13,17H,10-12H2,1-2H3. The number of nitrogens with one attached hydrogen (secondary N) is 1. The second kappa shape index (κ2) is 7.31. The summed E-state index contributed by atoms with van der Waals surface area (Å²) < 4.78 is 5.80. The normalized spacial score (nSPS) is 10.9. The zero-order valence-corrected chi connectivity index (χ0v) is 12.4. The molecular weight excluding hydrogens is 254 g/mol. The lowest BCUT2D eigenvalue weighted by Gasteiger charge is -2.09. The van der Waals surface area contributed by atoms with Crippen LogP contribution in [-0.4, -0.2) is 6.54 Å². The van der Waals surface area contributed by atoms with Gasteiger partial charge in [-0.25, -0.2) is 0 Å².